The molecular weight excluding hydrogens is 342 g/mol. The van der Waals surface area contributed by atoms with Gasteiger partial charge >= 0.3 is 0 Å². The SMILES string of the molecule is CC(C)[C@@H](O)CN1CCN(C[C@H](O)C(C)C)CCN(C[C@H](O)C(C)C)CC1. The molecule has 6 nitrogen and oxygen atoms in total. The van der Waals surface area contributed by atoms with Crippen LogP contribution < -0.4 is 0 Å². The monoisotopic (exact) mass is 387 g/mol. The van der Waals surface area contributed by atoms with Crippen LogP contribution in [-0.4, -0.2) is 107 Å². The maximum absolute atomic E-state index is 10.3. The highest BCUT2D eigenvalue weighted by Gasteiger charge is 2.23. The zero-order valence-electron chi connectivity index (χ0n) is 18.5. The number of aliphatic hydroxyl groups excluding tert-OH is 3. The van der Waals surface area contributed by atoms with Gasteiger partial charge in [0.25, 0.3) is 0 Å². The summed E-state index contributed by atoms with van der Waals surface area (Å²) in [6.07, 6.45) is -0.972. The Kier molecular flexibility index (Phi) is 11.3. The number of hydrogen-bond acceptors (Lipinski definition) is 6. The van der Waals surface area contributed by atoms with E-state index in [2.05, 4.69) is 56.2 Å². The number of rotatable bonds is 9. The van der Waals surface area contributed by atoms with E-state index < -0.39 is 0 Å². The molecule has 3 atom stereocenters. The van der Waals surface area contributed by atoms with Crippen molar-refractivity contribution in [3.05, 3.63) is 0 Å². The second-order valence-corrected chi connectivity index (χ2v) is 9.34. The fourth-order valence-corrected chi connectivity index (χ4v) is 3.16. The number of nitrogens with zero attached hydrogens (tertiary/aromatic N) is 3. The first kappa shape index (κ1) is 24.8. The van der Waals surface area contributed by atoms with Crippen LogP contribution in [0.2, 0.25) is 0 Å². The van der Waals surface area contributed by atoms with Crippen LogP contribution in [0.3, 0.4) is 0 Å². The van der Waals surface area contributed by atoms with Crippen molar-refractivity contribution in [3.8, 4) is 0 Å². The third kappa shape index (κ3) is 9.68. The Bertz CT molecular complexity index is 324. The Morgan fingerprint density at radius 2 is 0.667 bits per heavy atom. The minimum Gasteiger partial charge on any atom is -0.392 e. The van der Waals surface area contributed by atoms with Crippen LogP contribution in [0.1, 0.15) is 41.5 Å². The Balaban J connectivity index is 2.77. The van der Waals surface area contributed by atoms with E-state index in [4.69, 9.17) is 0 Å². The minimum absolute atomic E-state index is 0.246. The molecule has 0 aromatic carbocycles. The van der Waals surface area contributed by atoms with Crippen LogP contribution in [0.25, 0.3) is 0 Å². The van der Waals surface area contributed by atoms with Crippen molar-refractivity contribution < 1.29 is 15.3 Å². The molecule has 1 fully saturated rings. The summed E-state index contributed by atoms with van der Waals surface area (Å²) in [5.41, 5.74) is 0. The summed E-state index contributed by atoms with van der Waals surface area (Å²) in [5.74, 6) is 0.737. The first-order chi connectivity index (χ1) is 12.6. The van der Waals surface area contributed by atoms with Crippen molar-refractivity contribution in [1.82, 2.24) is 14.7 Å². The summed E-state index contributed by atoms with van der Waals surface area (Å²) in [7, 11) is 0. The van der Waals surface area contributed by atoms with Crippen LogP contribution in [0.4, 0.5) is 0 Å². The molecule has 1 rings (SSSR count). The molecule has 0 aromatic rings. The molecule has 162 valence electrons. The van der Waals surface area contributed by atoms with Crippen molar-refractivity contribution >= 4 is 0 Å². The standard InChI is InChI=1S/C21H45N3O3/c1-16(2)19(25)13-22-7-9-23(14-20(26)17(3)4)11-12-24(10-8-22)15-21(27)18(5)6/h16-21,25-27H,7-15H2,1-6H3/t19-,20-,21-/m0/s1. The molecule has 0 saturated carbocycles. The van der Waals surface area contributed by atoms with Crippen molar-refractivity contribution in [2.24, 2.45) is 17.8 Å². The molecule has 1 aliphatic heterocycles. The Labute approximate surface area is 167 Å². The van der Waals surface area contributed by atoms with Gasteiger partial charge in [-0.1, -0.05) is 41.5 Å². The predicted octanol–water partition coefficient (Wildman–Crippen LogP) is 0.957. The van der Waals surface area contributed by atoms with Gasteiger partial charge in [0.05, 0.1) is 18.3 Å². The molecule has 0 spiro atoms. The predicted molar refractivity (Wildman–Crippen MR) is 112 cm³/mol. The number of β-amino-alcohol motifs (C(OH)–C–C–N with tert-alkyl or cyclic N) is 3. The number of hydrogen-bond donors (Lipinski definition) is 3. The molecule has 0 bridgehead atoms. The summed E-state index contributed by atoms with van der Waals surface area (Å²) in [6.45, 7) is 19.7. The lowest BCUT2D eigenvalue weighted by atomic mass is 10.1. The molecule has 1 aliphatic rings. The minimum atomic E-state index is -0.324. The van der Waals surface area contributed by atoms with Gasteiger partial charge in [0.15, 0.2) is 0 Å². The molecule has 6 heteroatoms. The average molecular weight is 388 g/mol. The summed E-state index contributed by atoms with van der Waals surface area (Å²) in [5, 5.41) is 31.0. The Morgan fingerprint density at radius 1 is 0.481 bits per heavy atom. The average Bonchev–Trinajstić information content (AvgIpc) is 2.67. The van der Waals surface area contributed by atoms with Crippen LogP contribution in [-0.2, 0) is 0 Å². The quantitative estimate of drug-likeness (QED) is 0.547. The highest BCUT2D eigenvalue weighted by atomic mass is 16.3. The highest BCUT2D eigenvalue weighted by Crippen LogP contribution is 2.10. The molecule has 27 heavy (non-hydrogen) atoms. The van der Waals surface area contributed by atoms with Crippen molar-refractivity contribution in [3.63, 3.8) is 0 Å². The zero-order chi connectivity index (χ0) is 20.6. The van der Waals surface area contributed by atoms with Crippen molar-refractivity contribution in [1.29, 1.82) is 0 Å². The van der Waals surface area contributed by atoms with Gasteiger partial charge in [0, 0.05) is 58.9 Å². The second-order valence-electron chi connectivity index (χ2n) is 9.34. The van der Waals surface area contributed by atoms with E-state index >= 15 is 0 Å². The lowest BCUT2D eigenvalue weighted by Crippen LogP contribution is -2.43. The van der Waals surface area contributed by atoms with Gasteiger partial charge in [-0.3, -0.25) is 14.7 Å². The van der Waals surface area contributed by atoms with Crippen LogP contribution in [0.5, 0.6) is 0 Å². The third-order valence-corrected chi connectivity index (χ3v) is 5.84. The van der Waals surface area contributed by atoms with Gasteiger partial charge in [-0.05, 0) is 17.8 Å². The van der Waals surface area contributed by atoms with E-state index in [-0.39, 0.29) is 36.1 Å². The lowest BCUT2D eigenvalue weighted by Gasteiger charge is -2.30. The molecule has 0 aromatic heterocycles. The van der Waals surface area contributed by atoms with Gasteiger partial charge in [-0.25, -0.2) is 0 Å². The van der Waals surface area contributed by atoms with E-state index in [0.29, 0.717) is 19.6 Å². The topological polar surface area (TPSA) is 70.4 Å². The maximum Gasteiger partial charge on any atom is 0.0689 e. The summed E-state index contributed by atoms with van der Waals surface area (Å²) < 4.78 is 0. The first-order valence-electron chi connectivity index (χ1n) is 10.8. The first-order valence-corrected chi connectivity index (χ1v) is 10.8. The van der Waals surface area contributed by atoms with Crippen molar-refractivity contribution in [2.45, 2.75) is 59.9 Å². The van der Waals surface area contributed by atoms with Gasteiger partial charge in [-0.2, -0.15) is 0 Å². The van der Waals surface area contributed by atoms with Crippen LogP contribution in [0, 0.1) is 17.8 Å². The van der Waals surface area contributed by atoms with Crippen LogP contribution >= 0.6 is 0 Å². The molecule has 3 N–H and O–H groups in total. The number of aliphatic hydroxyl groups is 3. The molecule has 1 heterocycles. The molecule has 0 aliphatic carbocycles. The van der Waals surface area contributed by atoms with Gasteiger partial charge in [0.2, 0.25) is 0 Å². The highest BCUT2D eigenvalue weighted by molar-refractivity contribution is 4.78. The fourth-order valence-electron chi connectivity index (χ4n) is 3.16. The van der Waals surface area contributed by atoms with E-state index in [9.17, 15) is 15.3 Å². The van der Waals surface area contributed by atoms with E-state index in [1.807, 2.05) is 0 Å². The molecule has 1 saturated heterocycles. The van der Waals surface area contributed by atoms with Gasteiger partial charge in [-0.15, -0.1) is 0 Å². The fraction of sp³-hybridized carbons (Fsp3) is 1.00. The third-order valence-electron chi connectivity index (χ3n) is 5.84. The normalized spacial score (nSPS) is 22.7. The Morgan fingerprint density at radius 3 is 0.815 bits per heavy atom. The van der Waals surface area contributed by atoms with E-state index in [1.165, 1.54) is 0 Å². The molecule has 0 radical (unpaired) electrons. The summed E-state index contributed by atoms with van der Waals surface area (Å²) in [4.78, 5) is 7.00. The van der Waals surface area contributed by atoms with Gasteiger partial charge in [0.1, 0.15) is 0 Å². The second kappa shape index (κ2) is 12.3. The molecule has 0 unspecified atom stereocenters. The smallest absolute Gasteiger partial charge is 0.0689 e. The molecular formula is C21H45N3O3. The summed E-state index contributed by atoms with van der Waals surface area (Å²) in [6, 6.07) is 0. The Hall–Kier alpha value is -0.240. The largest absolute Gasteiger partial charge is 0.392 e. The lowest BCUT2D eigenvalue weighted by molar-refractivity contribution is 0.0590. The maximum atomic E-state index is 10.3. The summed E-state index contributed by atoms with van der Waals surface area (Å²) >= 11 is 0. The zero-order valence-corrected chi connectivity index (χ0v) is 18.5. The van der Waals surface area contributed by atoms with Crippen LogP contribution in [0.15, 0.2) is 0 Å². The van der Waals surface area contributed by atoms with E-state index in [0.717, 1.165) is 39.3 Å². The van der Waals surface area contributed by atoms with E-state index in [1.54, 1.807) is 0 Å². The molecule has 0 amide bonds. The van der Waals surface area contributed by atoms with Crippen molar-refractivity contribution in [2.75, 3.05) is 58.9 Å². The van der Waals surface area contributed by atoms with Gasteiger partial charge < -0.3 is 15.3 Å².